The summed E-state index contributed by atoms with van der Waals surface area (Å²) in [6, 6.07) is 3.63. The second-order valence-electron chi connectivity index (χ2n) is 3.52. The molecule has 1 rings (SSSR count). The van der Waals surface area contributed by atoms with Crippen LogP contribution in [0.5, 0.6) is 5.75 Å². The van der Waals surface area contributed by atoms with E-state index >= 15 is 0 Å². The lowest BCUT2D eigenvalue weighted by molar-refractivity contribution is -0.148. The molecule has 0 fully saturated rings. The molecule has 0 saturated heterocycles. The first-order chi connectivity index (χ1) is 8.06. The van der Waals surface area contributed by atoms with E-state index in [-0.39, 0.29) is 19.0 Å². The van der Waals surface area contributed by atoms with E-state index in [2.05, 4.69) is 0 Å². The van der Waals surface area contributed by atoms with E-state index in [4.69, 9.17) is 9.47 Å². The van der Waals surface area contributed by atoms with Crippen molar-refractivity contribution in [1.82, 2.24) is 0 Å². The van der Waals surface area contributed by atoms with Crippen LogP contribution in [0.2, 0.25) is 0 Å². The molecule has 0 aliphatic carbocycles. The van der Waals surface area contributed by atoms with Crippen LogP contribution < -0.4 is 4.74 Å². The second kappa shape index (κ2) is 6.18. The lowest BCUT2D eigenvalue weighted by Gasteiger charge is -2.12. The number of ether oxygens (including phenoxy) is 2. The standard InChI is InChI=1S/C12H14F2O3/c1-3-16-12(15)8(2)7-17-10-6-4-5-9(13)11(10)14/h4-6,8H,3,7H2,1-2H3. The molecule has 0 aliphatic heterocycles. The molecule has 0 bridgehead atoms. The highest BCUT2D eigenvalue weighted by atomic mass is 19.2. The van der Waals surface area contributed by atoms with Gasteiger partial charge in [-0.2, -0.15) is 4.39 Å². The third-order valence-corrected chi connectivity index (χ3v) is 2.09. The van der Waals surface area contributed by atoms with Crippen molar-refractivity contribution in [2.75, 3.05) is 13.2 Å². The van der Waals surface area contributed by atoms with Crippen LogP contribution in [0.25, 0.3) is 0 Å². The maximum absolute atomic E-state index is 13.2. The van der Waals surface area contributed by atoms with E-state index in [0.717, 1.165) is 6.07 Å². The first-order valence-corrected chi connectivity index (χ1v) is 5.29. The number of hydrogen-bond acceptors (Lipinski definition) is 3. The SMILES string of the molecule is CCOC(=O)C(C)COc1cccc(F)c1F. The van der Waals surface area contributed by atoms with Crippen LogP contribution in [0.4, 0.5) is 8.78 Å². The average Bonchev–Trinajstić information content (AvgIpc) is 2.31. The Morgan fingerprint density at radius 1 is 1.41 bits per heavy atom. The third-order valence-electron chi connectivity index (χ3n) is 2.09. The Kier molecular flexibility index (Phi) is 4.87. The lowest BCUT2D eigenvalue weighted by atomic mass is 10.2. The predicted molar refractivity (Wildman–Crippen MR) is 57.7 cm³/mol. The molecular formula is C12H14F2O3. The van der Waals surface area contributed by atoms with Gasteiger partial charge in [-0.25, -0.2) is 4.39 Å². The zero-order chi connectivity index (χ0) is 12.8. The van der Waals surface area contributed by atoms with E-state index < -0.39 is 23.5 Å². The summed E-state index contributed by atoms with van der Waals surface area (Å²) in [5, 5.41) is 0. The van der Waals surface area contributed by atoms with Crippen LogP contribution in [0.1, 0.15) is 13.8 Å². The average molecular weight is 244 g/mol. The molecule has 5 heteroatoms. The Bertz CT molecular complexity index is 393. The molecule has 1 aromatic rings. The largest absolute Gasteiger partial charge is 0.490 e. The van der Waals surface area contributed by atoms with Gasteiger partial charge in [0.05, 0.1) is 12.5 Å². The second-order valence-corrected chi connectivity index (χ2v) is 3.52. The first-order valence-electron chi connectivity index (χ1n) is 5.29. The van der Waals surface area contributed by atoms with Crippen molar-refractivity contribution in [3.63, 3.8) is 0 Å². The van der Waals surface area contributed by atoms with Crippen molar-refractivity contribution in [3.8, 4) is 5.75 Å². The molecular weight excluding hydrogens is 230 g/mol. The normalized spacial score (nSPS) is 12.0. The predicted octanol–water partition coefficient (Wildman–Crippen LogP) is 2.54. The number of halogens is 2. The summed E-state index contributed by atoms with van der Waals surface area (Å²) in [4.78, 5) is 11.2. The molecule has 0 radical (unpaired) electrons. The lowest BCUT2D eigenvalue weighted by Crippen LogP contribution is -2.21. The number of benzene rings is 1. The van der Waals surface area contributed by atoms with Crippen molar-refractivity contribution in [2.45, 2.75) is 13.8 Å². The third kappa shape index (κ3) is 3.69. The summed E-state index contributed by atoms with van der Waals surface area (Å²) in [5.41, 5.74) is 0. The molecule has 0 aromatic heterocycles. The molecule has 3 nitrogen and oxygen atoms in total. The zero-order valence-electron chi connectivity index (χ0n) is 9.70. The van der Waals surface area contributed by atoms with Crippen molar-refractivity contribution in [1.29, 1.82) is 0 Å². The summed E-state index contributed by atoms with van der Waals surface area (Å²) >= 11 is 0. The molecule has 94 valence electrons. The summed E-state index contributed by atoms with van der Waals surface area (Å²) in [6.45, 7) is 3.50. The minimum Gasteiger partial charge on any atom is -0.490 e. The quantitative estimate of drug-likeness (QED) is 0.747. The minimum absolute atomic E-state index is 0.0563. The van der Waals surface area contributed by atoms with Crippen molar-refractivity contribution < 1.29 is 23.0 Å². The number of hydrogen-bond donors (Lipinski definition) is 0. The van der Waals surface area contributed by atoms with Gasteiger partial charge in [-0.15, -0.1) is 0 Å². The Labute approximate surface area is 98.3 Å². The highest BCUT2D eigenvalue weighted by Gasteiger charge is 2.16. The van der Waals surface area contributed by atoms with Crippen molar-refractivity contribution >= 4 is 5.97 Å². The maximum Gasteiger partial charge on any atom is 0.312 e. The smallest absolute Gasteiger partial charge is 0.312 e. The molecule has 1 atom stereocenters. The fourth-order valence-corrected chi connectivity index (χ4v) is 1.16. The summed E-state index contributed by atoms with van der Waals surface area (Å²) < 4.78 is 35.8. The fourth-order valence-electron chi connectivity index (χ4n) is 1.16. The molecule has 0 N–H and O–H groups in total. The molecule has 0 heterocycles. The molecule has 0 saturated carbocycles. The van der Waals surface area contributed by atoms with Gasteiger partial charge in [0.25, 0.3) is 0 Å². The van der Waals surface area contributed by atoms with Gasteiger partial charge in [0, 0.05) is 0 Å². The van der Waals surface area contributed by atoms with Crippen molar-refractivity contribution in [2.24, 2.45) is 5.92 Å². The molecule has 0 amide bonds. The van der Waals surface area contributed by atoms with Gasteiger partial charge in [0.1, 0.15) is 6.61 Å². The van der Waals surface area contributed by atoms with E-state index in [1.54, 1.807) is 13.8 Å². The van der Waals surface area contributed by atoms with Gasteiger partial charge in [-0.1, -0.05) is 6.07 Å². The Morgan fingerprint density at radius 2 is 2.12 bits per heavy atom. The molecule has 1 aromatic carbocycles. The fraction of sp³-hybridized carbons (Fsp3) is 0.417. The Hall–Kier alpha value is -1.65. The number of esters is 1. The first kappa shape index (κ1) is 13.4. The summed E-state index contributed by atoms with van der Waals surface area (Å²) in [7, 11) is 0. The number of rotatable bonds is 5. The van der Waals surface area contributed by atoms with Crippen LogP contribution in [0.15, 0.2) is 18.2 Å². The van der Waals surface area contributed by atoms with Crippen LogP contribution in [-0.4, -0.2) is 19.2 Å². The topological polar surface area (TPSA) is 35.5 Å². The van der Waals surface area contributed by atoms with Gasteiger partial charge >= 0.3 is 5.97 Å². The molecule has 1 unspecified atom stereocenters. The van der Waals surface area contributed by atoms with E-state index in [0.29, 0.717) is 0 Å². The van der Waals surface area contributed by atoms with Crippen LogP contribution >= 0.6 is 0 Å². The van der Waals surface area contributed by atoms with Gasteiger partial charge in [-0.3, -0.25) is 4.79 Å². The van der Waals surface area contributed by atoms with Crippen molar-refractivity contribution in [3.05, 3.63) is 29.8 Å². The van der Waals surface area contributed by atoms with E-state index in [1.165, 1.54) is 12.1 Å². The maximum atomic E-state index is 13.2. The number of carbonyl (C=O) groups is 1. The zero-order valence-corrected chi connectivity index (χ0v) is 9.70. The highest BCUT2D eigenvalue weighted by Crippen LogP contribution is 2.19. The monoisotopic (exact) mass is 244 g/mol. The van der Waals surface area contributed by atoms with Crippen LogP contribution in [-0.2, 0) is 9.53 Å². The van der Waals surface area contributed by atoms with Crippen LogP contribution in [0, 0.1) is 17.6 Å². The van der Waals surface area contributed by atoms with Gasteiger partial charge < -0.3 is 9.47 Å². The van der Waals surface area contributed by atoms with Crippen LogP contribution in [0.3, 0.4) is 0 Å². The minimum atomic E-state index is -1.05. The highest BCUT2D eigenvalue weighted by molar-refractivity contribution is 5.72. The van der Waals surface area contributed by atoms with Gasteiger partial charge in [-0.05, 0) is 26.0 Å². The van der Waals surface area contributed by atoms with Gasteiger partial charge in [0.15, 0.2) is 11.6 Å². The van der Waals surface area contributed by atoms with E-state index in [9.17, 15) is 13.6 Å². The molecule has 17 heavy (non-hydrogen) atoms. The Morgan fingerprint density at radius 3 is 2.76 bits per heavy atom. The Balaban J connectivity index is 2.56. The summed E-state index contributed by atoms with van der Waals surface area (Å²) in [6.07, 6.45) is 0. The molecule has 0 spiro atoms. The van der Waals surface area contributed by atoms with E-state index in [1.807, 2.05) is 0 Å². The molecule has 0 aliphatic rings. The van der Waals surface area contributed by atoms with Gasteiger partial charge in [0.2, 0.25) is 5.82 Å². The summed E-state index contributed by atoms with van der Waals surface area (Å²) in [5.74, 6) is -3.20. The number of carbonyl (C=O) groups excluding carboxylic acids is 1.